The Bertz CT molecular complexity index is 1470. The molecule has 36 heavy (non-hydrogen) atoms. The molecule has 1 aliphatic carbocycles. The molecule has 1 aromatic carbocycles. The molecule has 1 aliphatic rings. The van der Waals surface area contributed by atoms with Gasteiger partial charge in [0.05, 0.1) is 40.1 Å². The zero-order valence-electron chi connectivity index (χ0n) is 20.3. The second-order valence-electron chi connectivity index (χ2n) is 9.25. The van der Waals surface area contributed by atoms with Crippen LogP contribution in [0.1, 0.15) is 41.7 Å². The number of aromatic nitrogens is 4. The SMILES string of the molecule is COc1cc(-n2c(=O)n(C[C@H]3CC[C@H](NC(=O)c4cc(Cl)cnc4C)CC3)c3ccccc32)ccn1. The van der Waals surface area contributed by atoms with Crippen LogP contribution in [0.3, 0.4) is 0 Å². The highest BCUT2D eigenvalue weighted by atomic mass is 35.5. The molecule has 4 aromatic rings. The van der Waals surface area contributed by atoms with Crippen molar-refractivity contribution in [1.82, 2.24) is 24.4 Å². The number of methoxy groups -OCH3 is 1. The molecule has 0 bridgehead atoms. The quantitative estimate of drug-likeness (QED) is 0.415. The van der Waals surface area contributed by atoms with Crippen LogP contribution in [0.2, 0.25) is 5.02 Å². The first-order chi connectivity index (χ1) is 17.4. The number of carbonyl (C=O) groups is 1. The predicted molar refractivity (Wildman–Crippen MR) is 139 cm³/mol. The molecule has 1 fully saturated rings. The van der Waals surface area contributed by atoms with E-state index in [0.717, 1.165) is 42.4 Å². The van der Waals surface area contributed by atoms with Crippen molar-refractivity contribution in [2.75, 3.05) is 7.11 Å². The number of rotatable bonds is 6. The maximum Gasteiger partial charge on any atom is 0.333 e. The largest absolute Gasteiger partial charge is 0.481 e. The zero-order valence-corrected chi connectivity index (χ0v) is 21.0. The van der Waals surface area contributed by atoms with Gasteiger partial charge in [-0.1, -0.05) is 23.7 Å². The van der Waals surface area contributed by atoms with E-state index in [9.17, 15) is 9.59 Å². The van der Waals surface area contributed by atoms with Crippen LogP contribution in [0.4, 0.5) is 0 Å². The van der Waals surface area contributed by atoms with Crippen LogP contribution in [0, 0.1) is 12.8 Å². The second-order valence-corrected chi connectivity index (χ2v) is 9.69. The summed E-state index contributed by atoms with van der Waals surface area (Å²) < 4.78 is 8.84. The second kappa shape index (κ2) is 10.1. The van der Waals surface area contributed by atoms with E-state index < -0.39 is 0 Å². The van der Waals surface area contributed by atoms with Crippen molar-refractivity contribution < 1.29 is 9.53 Å². The van der Waals surface area contributed by atoms with Gasteiger partial charge in [0, 0.05) is 31.0 Å². The number of hydrogen-bond acceptors (Lipinski definition) is 5. The molecule has 3 aromatic heterocycles. The summed E-state index contributed by atoms with van der Waals surface area (Å²) in [6.07, 6.45) is 6.75. The molecular weight excluding hydrogens is 478 g/mol. The molecular formula is C27H28ClN5O3. The van der Waals surface area contributed by atoms with E-state index >= 15 is 0 Å². The summed E-state index contributed by atoms with van der Waals surface area (Å²) in [4.78, 5) is 34.7. The average Bonchev–Trinajstić information content (AvgIpc) is 3.17. The molecule has 0 unspecified atom stereocenters. The number of benzene rings is 1. The molecule has 8 nitrogen and oxygen atoms in total. The van der Waals surface area contributed by atoms with Gasteiger partial charge < -0.3 is 10.1 Å². The molecule has 1 N–H and O–H groups in total. The minimum absolute atomic E-state index is 0.0798. The number of amides is 1. The number of hydrogen-bond donors (Lipinski definition) is 1. The first kappa shape index (κ1) is 24.1. The van der Waals surface area contributed by atoms with Gasteiger partial charge in [-0.05, 0) is 62.8 Å². The normalized spacial score (nSPS) is 17.8. The van der Waals surface area contributed by atoms with Crippen LogP contribution in [0.5, 0.6) is 5.88 Å². The molecule has 0 saturated heterocycles. The highest BCUT2D eigenvalue weighted by Crippen LogP contribution is 2.28. The van der Waals surface area contributed by atoms with Crippen LogP contribution in [-0.2, 0) is 6.54 Å². The number of ether oxygens (including phenoxy) is 1. The minimum atomic E-state index is -0.141. The van der Waals surface area contributed by atoms with Crippen LogP contribution >= 0.6 is 11.6 Å². The summed E-state index contributed by atoms with van der Waals surface area (Å²) in [5.74, 6) is 0.662. The van der Waals surface area contributed by atoms with Crippen molar-refractivity contribution in [1.29, 1.82) is 0 Å². The van der Waals surface area contributed by atoms with Gasteiger partial charge in [0.1, 0.15) is 0 Å². The third-order valence-electron chi connectivity index (χ3n) is 6.94. The van der Waals surface area contributed by atoms with Crippen LogP contribution in [0.25, 0.3) is 16.7 Å². The van der Waals surface area contributed by atoms with Crippen molar-refractivity contribution in [2.24, 2.45) is 5.92 Å². The minimum Gasteiger partial charge on any atom is -0.481 e. The highest BCUT2D eigenvalue weighted by Gasteiger charge is 2.25. The molecule has 1 saturated carbocycles. The van der Waals surface area contributed by atoms with E-state index in [1.54, 1.807) is 43.1 Å². The molecule has 5 rings (SSSR count). The number of imidazole rings is 1. The molecule has 9 heteroatoms. The van der Waals surface area contributed by atoms with E-state index in [1.807, 2.05) is 34.9 Å². The van der Waals surface area contributed by atoms with Crippen LogP contribution in [0.15, 0.2) is 59.7 Å². The summed E-state index contributed by atoms with van der Waals surface area (Å²) in [5.41, 5.74) is 3.56. The molecule has 0 spiro atoms. The van der Waals surface area contributed by atoms with E-state index in [4.69, 9.17) is 16.3 Å². The summed E-state index contributed by atoms with van der Waals surface area (Å²) in [6, 6.07) is 13.2. The van der Waals surface area contributed by atoms with Crippen LogP contribution < -0.4 is 15.7 Å². The van der Waals surface area contributed by atoms with Gasteiger partial charge in [0.15, 0.2) is 0 Å². The van der Waals surface area contributed by atoms with Gasteiger partial charge in [0.2, 0.25) is 5.88 Å². The number of nitrogens with one attached hydrogen (secondary N) is 1. The smallest absolute Gasteiger partial charge is 0.333 e. The predicted octanol–water partition coefficient (Wildman–Crippen LogP) is 4.54. The fourth-order valence-corrected chi connectivity index (χ4v) is 5.19. The number of halogens is 1. The lowest BCUT2D eigenvalue weighted by Crippen LogP contribution is -2.39. The van der Waals surface area contributed by atoms with E-state index in [2.05, 4.69) is 15.3 Å². The van der Waals surface area contributed by atoms with Crippen molar-refractivity contribution in [2.45, 2.75) is 45.2 Å². The Labute approximate surface area is 213 Å². The monoisotopic (exact) mass is 505 g/mol. The van der Waals surface area contributed by atoms with Crippen molar-refractivity contribution in [3.05, 3.63) is 81.6 Å². The Kier molecular flexibility index (Phi) is 6.78. The van der Waals surface area contributed by atoms with Gasteiger partial charge in [0.25, 0.3) is 5.91 Å². The van der Waals surface area contributed by atoms with Gasteiger partial charge in [-0.25, -0.2) is 9.78 Å². The summed E-state index contributed by atoms with van der Waals surface area (Å²) in [7, 11) is 1.56. The topological polar surface area (TPSA) is 91.0 Å². The number of carbonyl (C=O) groups excluding carboxylic acids is 1. The number of fused-ring (bicyclic) bond motifs is 1. The first-order valence-corrected chi connectivity index (χ1v) is 12.5. The molecule has 3 heterocycles. The Hall–Kier alpha value is -3.65. The Morgan fingerprint density at radius 3 is 2.61 bits per heavy atom. The Balaban J connectivity index is 1.31. The molecule has 0 radical (unpaired) electrons. The number of para-hydroxylation sites is 2. The lowest BCUT2D eigenvalue weighted by atomic mass is 9.85. The third-order valence-corrected chi connectivity index (χ3v) is 7.15. The maximum absolute atomic E-state index is 13.6. The fraction of sp³-hybridized carbons (Fsp3) is 0.333. The van der Waals surface area contributed by atoms with Crippen molar-refractivity contribution in [3.63, 3.8) is 0 Å². The maximum atomic E-state index is 13.6. The van der Waals surface area contributed by atoms with Gasteiger partial charge in [-0.2, -0.15) is 0 Å². The van der Waals surface area contributed by atoms with Gasteiger partial charge in [-0.3, -0.25) is 18.9 Å². The number of pyridine rings is 2. The average molecular weight is 506 g/mol. The highest BCUT2D eigenvalue weighted by molar-refractivity contribution is 6.30. The summed E-state index contributed by atoms with van der Waals surface area (Å²) >= 11 is 6.03. The Morgan fingerprint density at radius 1 is 1.11 bits per heavy atom. The van der Waals surface area contributed by atoms with Crippen molar-refractivity contribution >= 4 is 28.5 Å². The van der Waals surface area contributed by atoms with E-state index in [1.165, 1.54) is 0 Å². The molecule has 1 amide bonds. The summed E-state index contributed by atoms with van der Waals surface area (Å²) in [6.45, 7) is 2.44. The lowest BCUT2D eigenvalue weighted by molar-refractivity contribution is 0.0919. The third kappa shape index (κ3) is 4.73. The fourth-order valence-electron chi connectivity index (χ4n) is 5.03. The first-order valence-electron chi connectivity index (χ1n) is 12.1. The lowest BCUT2D eigenvalue weighted by Gasteiger charge is -2.29. The summed E-state index contributed by atoms with van der Waals surface area (Å²) in [5, 5.41) is 3.59. The Morgan fingerprint density at radius 2 is 1.86 bits per heavy atom. The van der Waals surface area contributed by atoms with Gasteiger partial charge >= 0.3 is 5.69 Å². The van der Waals surface area contributed by atoms with Crippen molar-refractivity contribution in [3.8, 4) is 11.6 Å². The van der Waals surface area contributed by atoms with Gasteiger partial charge in [-0.15, -0.1) is 0 Å². The molecule has 0 atom stereocenters. The molecule has 0 aliphatic heterocycles. The number of aryl methyl sites for hydroxylation is 1. The standard InChI is InChI=1S/C27H28ClN5O3/c1-17-22(13-19(28)15-30-17)26(34)31-20-9-7-18(8-10-20)16-32-23-5-3-4-6-24(23)33(27(32)35)21-11-12-29-25(14-21)36-2/h3-6,11-15,18,20H,7-10,16H2,1-2H3,(H,31,34)/t18-,20-. The van der Waals surface area contributed by atoms with Crippen LogP contribution in [-0.4, -0.2) is 38.2 Å². The zero-order chi connectivity index (χ0) is 25.2. The van der Waals surface area contributed by atoms with E-state index in [-0.39, 0.29) is 17.6 Å². The number of nitrogens with zero attached hydrogens (tertiary/aromatic N) is 4. The van der Waals surface area contributed by atoms with E-state index in [0.29, 0.717) is 34.6 Å². The molecule has 186 valence electrons.